The molecule has 0 aliphatic carbocycles. The molecular weight excluding hydrogens is 350 g/mol. The van der Waals surface area contributed by atoms with Gasteiger partial charge in [-0.15, -0.1) is 11.3 Å². The van der Waals surface area contributed by atoms with Crippen molar-refractivity contribution in [2.24, 2.45) is 0 Å². The van der Waals surface area contributed by atoms with Crippen LogP contribution in [0.5, 0.6) is 5.75 Å². The van der Waals surface area contributed by atoms with E-state index >= 15 is 0 Å². The number of benzene rings is 2. The molecule has 6 nitrogen and oxygen atoms in total. The Morgan fingerprint density at radius 3 is 2.96 bits per heavy atom. The Bertz CT molecular complexity index is 1030. The molecule has 2 aromatic carbocycles. The molecule has 1 unspecified atom stereocenters. The molecule has 1 aromatic heterocycles. The topological polar surface area (TPSA) is 80.3 Å². The predicted molar refractivity (Wildman–Crippen MR) is 102 cm³/mol. The van der Waals surface area contributed by atoms with E-state index in [0.717, 1.165) is 20.8 Å². The van der Waals surface area contributed by atoms with E-state index < -0.39 is 6.10 Å². The summed E-state index contributed by atoms with van der Waals surface area (Å²) in [6.45, 7) is 3.88. The lowest BCUT2D eigenvalue weighted by molar-refractivity contribution is -0.128. The Balaban J connectivity index is 1.45. The summed E-state index contributed by atoms with van der Waals surface area (Å²) in [5.74, 6) is -0.0114. The number of hydrogen-bond acceptors (Lipinski definition) is 5. The van der Waals surface area contributed by atoms with Crippen LogP contribution in [0.25, 0.3) is 10.2 Å². The predicted octanol–water partition coefficient (Wildman–Crippen LogP) is 3.64. The van der Waals surface area contributed by atoms with Crippen LogP contribution in [0.3, 0.4) is 0 Å². The van der Waals surface area contributed by atoms with E-state index in [2.05, 4.69) is 15.6 Å². The summed E-state index contributed by atoms with van der Waals surface area (Å²) in [5.41, 5.74) is 3.25. The quantitative estimate of drug-likeness (QED) is 0.741. The molecule has 1 aliphatic heterocycles. The van der Waals surface area contributed by atoms with Gasteiger partial charge in [0.1, 0.15) is 5.75 Å². The lowest BCUT2D eigenvalue weighted by Crippen LogP contribution is -2.39. The molecule has 7 heteroatoms. The van der Waals surface area contributed by atoms with E-state index in [0.29, 0.717) is 17.1 Å². The molecule has 0 saturated carbocycles. The Hall–Kier alpha value is -2.93. The Labute approximate surface area is 154 Å². The van der Waals surface area contributed by atoms with Gasteiger partial charge in [0.25, 0.3) is 5.91 Å². The summed E-state index contributed by atoms with van der Waals surface area (Å²) >= 11 is 1.57. The molecule has 2 N–H and O–H groups in total. The fraction of sp³-hybridized carbons (Fsp3) is 0.211. The summed E-state index contributed by atoms with van der Waals surface area (Å²) in [6, 6.07) is 11.1. The van der Waals surface area contributed by atoms with E-state index in [-0.39, 0.29) is 18.2 Å². The molecule has 2 amide bonds. The van der Waals surface area contributed by atoms with Crippen molar-refractivity contribution < 1.29 is 14.3 Å². The highest BCUT2D eigenvalue weighted by Crippen LogP contribution is 2.31. The Morgan fingerprint density at radius 1 is 1.27 bits per heavy atom. The van der Waals surface area contributed by atoms with Crippen LogP contribution >= 0.6 is 11.3 Å². The molecule has 0 spiro atoms. The number of nitrogens with zero attached hydrogens (tertiary/aromatic N) is 1. The summed E-state index contributed by atoms with van der Waals surface area (Å²) in [5, 5.41) is 6.60. The van der Waals surface area contributed by atoms with Gasteiger partial charge in [0.2, 0.25) is 5.91 Å². The van der Waals surface area contributed by atoms with Crippen LogP contribution in [-0.4, -0.2) is 22.9 Å². The van der Waals surface area contributed by atoms with E-state index in [9.17, 15) is 9.59 Å². The largest absolute Gasteiger partial charge is 0.478 e. The maximum atomic E-state index is 12.4. The minimum Gasteiger partial charge on any atom is -0.478 e. The third kappa shape index (κ3) is 3.25. The molecule has 2 heterocycles. The second-order valence-corrected chi connectivity index (χ2v) is 7.50. The monoisotopic (exact) mass is 367 g/mol. The average molecular weight is 367 g/mol. The first-order valence-electron chi connectivity index (χ1n) is 8.23. The van der Waals surface area contributed by atoms with Crippen molar-refractivity contribution in [3.8, 4) is 5.75 Å². The fourth-order valence-electron chi connectivity index (χ4n) is 2.90. The van der Waals surface area contributed by atoms with Crippen molar-refractivity contribution in [2.75, 3.05) is 10.6 Å². The van der Waals surface area contributed by atoms with Gasteiger partial charge in [0.15, 0.2) is 6.10 Å². The highest BCUT2D eigenvalue weighted by atomic mass is 32.1. The summed E-state index contributed by atoms with van der Waals surface area (Å²) in [6.07, 6.45) is -0.904. The molecule has 1 aliphatic rings. The van der Waals surface area contributed by atoms with Crippen molar-refractivity contribution in [2.45, 2.75) is 26.4 Å². The first kappa shape index (κ1) is 16.5. The second kappa shape index (κ2) is 6.42. The van der Waals surface area contributed by atoms with Crippen LogP contribution in [0.4, 0.5) is 11.4 Å². The molecule has 0 bridgehead atoms. The second-order valence-electron chi connectivity index (χ2n) is 6.26. The van der Waals surface area contributed by atoms with Crippen LogP contribution in [0.15, 0.2) is 36.4 Å². The van der Waals surface area contributed by atoms with Gasteiger partial charge in [-0.3, -0.25) is 9.59 Å². The van der Waals surface area contributed by atoms with Gasteiger partial charge in [-0.05, 0) is 49.7 Å². The SMILES string of the molecule is Cc1ccc2c(c1)NC(=O)C(CC(=O)Nc1ccc3nc(C)sc3c1)O2. The maximum absolute atomic E-state index is 12.4. The van der Waals surface area contributed by atoms with E-state index in [1.54, 1.807) is 23.5 Å². The lowest BCUT2D eigenvalue weighted by atomic mass is 10.1. The summed E-state index contributed by atoms with van der Waals surface area (Å²) < 4.78 is 6.71. The number of amides is 2. The van der Waals surface area contributed by atoms with E-state index in [1.165, 1.54) is 0 Å². The minimum atomic E-state index is -0.848. The number of aromatic nitrogens is 1. The number of carbonyl (C=O) groups is 2. The molecule has 0 saturated heterocycles. The summed E-state index contributed by atoms with van der Waals surface area (Å²) in [7, 11) is 0. The van der Waals surface area contributed by atoms with Crippen molar-refractivity contribution in [3.05, 3.63) is 47.0 Å². The third-order valence-electron chi connectivity index (χ3n) is 4.10. The van der Waals surface area contributed by atoms with Gasteiger partial charge >= 0.3 is 0 Å². The standard InChI is InChI=1S/C19H17N3O3S/c1-10-3-6-15-14(7-10)22-19(24)16(25-15)9-18(23)21-12-4-5-13-17(8-12)26-11(2)20-13/h3-8,16H,9H2,1-2H3,(H,21,23)(H,22,24). The number of anilines is 2. The van der Waals surface area contributed by atoms with Gasteiger partial charge < -0.3 is 15.4 Å². The van der Waals surface area contributed by atoms with Crippen LogP contribution in [0, 0.1) is 13.8 Å². The molecule has 4 rings (SSSR count). The first-order chi connectivity index (χ1) is 12.5. The van der Waals surface area contributed by atoms with E-state index in [1.807, 2.05) is 38.1 Å². The van der Waals surface area contributed by atoms with Crippen LogP contribution < -0.4 is 15.4 Å². The first-order valence-corrected chi connectivity index (χ1v) is 9.05. The van der Waals surface area contributed by atoms with Gasteiger partial charge in [-0.2, -0.15) is 0 Å². The van der Waals surface area contributed by atoms with Crippen molar-refractivity contribution >= 4 is 44.7 Å². The van der Waals surface area contributed by atoms with Crippen molar-refractivity contribution in [3.63, 3.8) is 0 Å². The zero-order valence-electron chi connectivity index (χ0n) is 14.3. The molecule has 3 aromatic rings. The third-order valence-corrected chi connectivity index (χ3v) is 5.04. The number of thiazole rings is 1. The van der Waals surface area contributed by atoms with Crippen LogP contribution in [0.2, 0.25) is 0 Å². The molecule has 0 fully saturated rings. The van der Waals surface area contributed by atoms with Gasteiger partial charge in [0.05, 0.1) is 27.3 Å². The number of ether oxygens (including phenoxy) is 1. The van der Waals surface area contributed by atoms with Gasteiger partial charge in [-0.25, -0.2) is 4.98 Å². The molecule has 26 heavy (non-hydrogen) atoms. The lowest BCUT2D eigenvalue weighted by Gasteiger charge is -2.25. The Kier molecular flexibility index (Phi) is 4.08. The summed E-state index contributed by atoms with van der Waals surface area (Å²) in [4.78, 5) is 29.0. The zero-order chi connectivity index (χ0) is 18.3. The molecule has 0 radical (unpaired) electrons. The fourth-order valence-corrected chi connectivity index (χ4v) is 3.76. The average Bonchev–Trinajstić information content (AvgIpc) is 2.95. The molecular formula is C19H17N3O3S. The Morgan fingerprint density at radius 2 is 2.12 bits per heavy atom. The number of hydrogen-bond donors (Lipinski definition) is 2. The number of aryl methyl sites for hydroxylation is 2. The molecule has 1 atom stereocenters. The maximum Gasteiger partial charge on any atom is 0.266 e. The highest BCUT2D eigenvalue weighted by Gasteiger charge is 2.29. The number of nitrogens with one attached hydrogen (secondary N) is 2. The van der Waals surface area contributed by atoms with Crippen LogP contribution in [-0.2, 0) is 9.59 Å². The van der Waals surface area contributed by atoms with Crippen LogP contribution in [0.1, 0.15) is 17.0 Å². The zero-order valence-corrected chi connectivity index (χ0v) is 15.1. The van der Waals surface area contributed by atoms with Crippen molar-refractivity contribution in [1.29, 1.82) is 0 Å². The highest BCUT2D eigenvalue weighted by molar-refractivity contribution is 7.18. The van der Waals surface area contributed by atoms with E-state index in [4.69, 9.17) is 4.74 Å². The molecule has 132 valence electrons. The smallest absolute Gasteiger partial charge is 0.266 e. The number of fused-ring (bicyclic) bond motifs is 2. The van der Waals surface area contributed by atoms with Gasteiger partial charge in [-0.1, -0.05) is 6.07 Å². The van der Waals surface area contributed by atoms with Gasteiger partial charge in [0, 0.05) is 5.69 Å². The minimum absolute atomic E-state index is 0.0566. The normalized spacial score (nSPS) is 15.9. The number of rotatable bonds is 3. The number of carbonyl (C=O) groups excluding carboxylic acids is 2. The van der Waals surface area contributed by atoms with Crippen molar-refractivity contribution in [1.82, 2.24) is 4.98 Å².